The Hall–Kier alpha value is -2.69. The molecule has 5 heteroatoms. The van der Waals surface area contributed by atoms with Crippen LogP contribution in [0, 0.1) is 5.82 Å². The molecule has 2 aromatic carbocycles. The summed E-state index contributed by atoms with van der Waals surface area (Å²) in [7, 11) is 0. The number of carbonyl (C=O) groups excluding carboxylic acids is 1. The normalized spacial score (nSPS) is 11.5. The van der Waals surface area contributed by atoms with E-state index in [1.807, 2.05) is 24.3 Å². The lowest BCUT2D eigenvalue weighted by atomic mass is 9.87. The SMILES string of the molecule is CC(C)(C)c1ccc(OCC(=O)NN=Cc2cccc(F)c2)cc1. The first-order valence-corrected chi connectivity index (χ1v) is 7.65. The van der Waals surface area contributed by atoms with Crippen LogP contribution in [0.4, 0.5) is 4.39 Å². The third-order valence-corrected chi connectivity index (χ3v) is 3.34. The molecule has 24 heavy (non-hydrogen) atoms. The average Bonchev–Trinajstić information content (AvgIpc) is 2.52. The van der Waals surface area contributed by atoms with Crippen molar-refractivity contribution < 1.29 is 13.9 Å². The molecule has 4 nitrogen and oxygen atoms in total. The van der Waals surface area contributed by atoms with Gasteiger partial charge in [0, 0.05) is 0 Å². The minimum Gasteiger partial charge on any atom is -0.484 e. The largest absolute Gasteiger partial charge is 0.484 e. The van der Waals surface area contributed by atoms with Gasteiger partial charge in [-0.1, -0.05) is 45.0 Å². The fraction of sp³-hybridized carbons (Fsp3) is 0.263. The van der Waals surface area contributed by atoms with Crippen LogP contribution in [-0.2, 0) is 10.2 Å². The Bertz CT molecular complexity index is 719. The molecule has 2 rings (SSSR count). The van der Waals surface area contributed by atoms with E-state index in [4.69, 9.17) is 4.74 Å². The van der Waals surface area contributed by atoms with Gasteiger partial charge in [0.15, 0.2) is 6.61 Å². The molecular formula is C19H21FN2O2. The zero-order valence-corrected chi connectivity index (χ0v) is 14.0. The fourth-order valence-electron chi connectivity index (χ4n) is 2.00. The highest BCUT2D eigenvalue weighted by molar-refractivity contribution is 5.82. The molecule has 0 aromatic heterocycles. The topological polar surface area (TPSA) is 50.7 Å². The summed E-state index contributed by atoms with van der Waals surface area (Å²) in [4.78, 5) is 11.7. The molecule has 0 aliphatic carbocycles. The number of halogens is 1. The third-order valence-electron chi connectivity index (χ3n) is 3.34. The molecule has 0 spiro atoms. The first-order chi connectivity index (χ1) is 11.3. The van der Waals surface area contributed by atoms with E-state index in [1.54, 1.807) is 12.1 Å². The number of hydrazone groups is 1. The van der Waals surface area contributed by atoms with Gasteiger partial charge in [-0.15, -0.1) is 0 Å². The van der Waals surface area contributed by atoms with Gasteiger partial charge in [0.1, 0.15) is 11.6 Å². The second kappa shape index (κ2) is 7.73. The highest BCUT2D eigenvalue weighted by Gasteiger charge is 2.13. The van der Waals surface area contributed by atoms with Crippen LogP contribution >= 0.6 is 0 Å². The Morgan fingerprint density at radius 1 is 1.21 bits per heavy atom. The van der Waals surface area contributed by atoms with Crippen molar-refractivity contribution in [1.82, 2.24) is 5.43 Å². The number of nitrogens with one attached hydrogen (secondary N) is 1. The maximum atomic E-state index is 13.0. The average molecular weight is 328 g/mol. The van der Waals surface area contributed by atoms with E-state index >= 15 is 0 Å². The van der Waals surface area contributed by atoms with Crippen molar-refractivity contribution in [1.29, 1.82) is 0 Å². The van der Waals surface area contributed by atoms with Crippen molar-refractivity contribution in [2.24, 2.45) is 5.10 Å². The Morgan fingerprint density at radius 3 is 2.54 bits per heavy atom. The molecule has 1 amide bonds. The van der Waals surface area contributed by atoms with Gasteiger partial charge in [0.05, 0.1) is 6.21 Å². The summed E-state index contributed by atoms with van der Waals surface area (Å²) >= 11 is 0. The lowest BCUT2D eigenvalue weighted by molar-refractivity contribution is -0.123. The van der Waals surface area contributed by atoms with Gasteiger partial charge >= 0.3 is 0 Å². The van der Waals surface area contributed by atoms with Crippen molar-refractivity contribution in [2.45, 2.75) is 26.2 Å². The minimum atomic E-state index is -0.387. The summed E-state index contributed by atoms with van der Waals surface area (Å²) in [6, 6.07) is 13.6. The van der Waals surface area contributed by atoms with E-state index in [0.717, 1.165) is 0 Å². The Kier molecular flexibility index (Phi) is 5.68. The monoisotopic (exact) mass is 328 g/mol. The quantitative estimate of drug-likeness (QED) is 0.673. The number of amides is 1. The number of rotatable bonds is 5. The molecule has 0 atom stereocenters. The Morgan fingerprint density at radius 2 is 1.92 bits per heavy atom. The smallest absolute Gasteiger partial charge is 0.277 e. The molecule has 0 aliphatic rings. The zero-order chi connectivity index (χ0) is 17.6. The molecule has 0 radical (unpaired) electrons. The molecule has 2 aromatic rings. The highest BCUT2D eigenvalue weighted by atomic mass is 19.1. The van der Waals surface area contributed by atoms with Crippen LogP contribution in [0.25, 0.3) is 0 Å². The van der Waals surface area contributed by atoms with Gasteiger partial charge in [-0.3, -0.25) is 4.79 Å². The maximum Gasteiger partial charge on any atom is 0.277 e. The molecule has 0 unspecified atom stereocenters. The van der Waals surface area contributed by atoms with Gasteiger partial charge in [-0.25, -0.2) is 9.82 Å². The predicted octanol–water partition coefficient (Wildman–Crippen LogP) is 3.65. The van der Waals surface area contributed by atoms with Crippen LogP contribution in [-0.4, -0.2) is 18.7 Å². The van der Waals surface area contributed by atoms with Gasteiger partial charge in [0.2, 0.25) is 0 Å². The number of ether oxygens (including phenoxy) is 1. The van der Waals surface area contributed by atoms with E-state index in [-0.39, 0.29) is 23.7 Å². The number of carbonyl (C=O) groups is 1. The molecule has 0 saturated heterocycles. The van der Waals surface area contributed by atoms with Crippen LogP contribution in [0.3, 0.4) is 0 Å². The van der Waals surface area contributed by atoms with Crippen LogP contribution in [0.5, 0.6) is 5.75 Å². The van der Waals surface area contributed by atoms with Gasteiger partial charge in [-0.05, 0) is 40.8 Å². The molecular weight excluding hydrogens is 307 g/mol. The zero-order valence-electron chi connectivity index (χ0n) is 14.0. The minimum absolute atomic E-state index is 0.0710. The Labute approximate surface area is 141 Å². The lowest BCUT2D eigenvalue weighted by Crippen LogP contribution is -2.24. The number of hydrogen-bond acceptors (Lipinski definition) is 3. The van der Waals surface area contributed by atoms with E-state index in [1.165, 1.54) is 23.9 Å². The van der Waals surface area contributed by atoms with E-state index in [2.05, 4.69) is 31.3 Å². The molecule has 0 bridgehead atoms. The lowest BCUT2D eigenvalue weighted by Gasteiger charge is -2.19. The van der Waals surface area contributed by atoms with Gasteiger partial charge in [-0.2, -0.15) is 5.10 Å². The molecule has 126 valence electrons. The predicted molar refractivity (Wildman–Crippen MR) is 92.8 cm³/mol. The first-order valence-electron chi connectivity index (χ1n) is 7.65. The molecule has 0 saturated carbocycles. The van der Waals surface area contributed by atoms with Crippen LogP contribution < -0.4 is 10.2 Å². The molecule has 0 aliphatic heterocycles. The summed E-state index contributed by atoms with van der Waals surface area (Å²) < 4.78 is 18.4. The van der Waals surface area contributed by atoms with Crippen molar-refractivity contribution in [3.8, 4) is 5.75 Å². The third kappa shape index (κ3) is 5.50. The number of nitrogens with zero attached hydrogens (tertiary/aromatic N) is 1. The van der Waals surface area contributed by atoms with Crippen molar-refractivity contribution >= 4 is 12.1 Å². The first kappa shape index (κ1) is 17.7. The van der Waals surface area contributed by atoms with E-state index in [0.29, 0.717) is 11.3 Å². The number of benzene rings is 2. The molecule has 0 heterocycles. The summed E-state index contributed by atoms with van der Waals surface area (Å²) in [6.45, 7) is 6.25. The van der Waals surface area contributed by atoms with Crippen molar-refractivity contribution in [2.75, 3.05) is 6.61 Å². The molecule has 1 N–H and O–H groups in total. The fourth-order valence-corrected chi connectivity index (χ4v) is 2.00. The standard InChI is InChI=1S/C19H21FN2O2/c1-19(2,3)15-7-9-17(10-8-15)24-13-18(23)22-21-12-14-5-4-6-16(20)11-14/h4-12H,13H2,1-3H3,(H,22,23). The Balaban J connectivity index is 1.81. The summed E-state index contributed by atoms with van der Waals surface area (Å²) in [6.07, 6.45) is 1.37. The summed E-state index contributed by atoms with van der Waals surface area (Å²) in [5, 5.41) is 3.77. The number of hydrogen-bond donors (Lipinski definition) is 1. The highest BCUT2D eigenvalue weighted by Crippen LogP contribution is 2.24. The van der Waals surface area contributed by atoms with Gasteiger partial charge in [0.25, 0.3) is 5.91 Å². The van der Waals surface area contributed by atoms with Crippen LogP contribution in [0.15, 0.2) is 53.6 Å². The second-order valence-electron chi connectivity index (χ2n) is 6.41. The van der Waals surface area contributed by atoms with Crippen molar-refractivity contribution in [3.05, 3.63) is 65.5 Å². The van der Waals surface area contributed by atoms with E-state index in [9.17, 15) is 9.18 Å². The van der Waals surface area contributed by atoms with Crippen molar-refractivity contribution in [3.63, 3.8) is 0 Å². The van der Waals surface area contributed by atoms with E-state index < -0.39 is 0 Å². The van der Waals surface area contributed by atoms with Gasteiger partial charge < -0.3 is 4.74 Å². The summed E-state index contributed by atoms with van der Waals surface area (Å²) in [5.41, 5.74) is 4.17. The maximum absolute atomic E-state index is 13.0. The molecule has 0 fully saturated rings. The van der Waals surface area contributed by atoms with Crippen LogP contribution in [0.2, 0.25) is 0 Å². The second-order valence-corrected chi connectivity index (χ2v) is 6.41. The summed E-state index contributed by atoms with van der Waals surface area (Å²) in [5.74, 6) is -0.123. The van der Waals surface area contributed by atoms with Crippen LogP contribution in [0.1, 0.15) is 31.9 Å².